The molecule has 0 amide bonds. The smallest absolute Gasteiger partial charge is 0.324 e. The molecule has 0 saturated carbocycles. The highest BCUT2D eigenvalue weighted by Gasteiger charge is 2.70. The number of benzene rings is 1. The van der Waals surface area contributed by atoms with Gasteiger partial charge in [0, 0.05) is 6.07 Å². The Morgan fingerprint density at radius 2 is 1.58 bits per heavy atom. The van der Waals surface area contributed by atoms with E-state index >= 15 is 0 Å². The fourth-order valence-corrected chi connectivity index (χ4v) is 5.58. The van der Waals surface area contributed by atoms with E-state index in [2.05, 4.69) is 59.0 Å². The molecule has 4 nitrogen and oxygen atoms in total. The first kappa shape index (κ1) is 20.0. The van der Waals surface area contributed by atoms with Crippen LogP contribution in [0, 0.1) is 11.6 Å². The molecule has 0 bridgehead atoms. The number of anilines is 4. The molecule has 0 fully saturated rings. The summed E-state index contributed by atoms with van der Waals surface area (Å²) in [6.45, 7) is 8.75. The van der Waals surface area contributed by atoms with Gasteiger partial charge in [0.15, 0.2) is 5.82 Å². The van der Waals surface area contributed by atoms with Gasteiger partial charge in [0.1, 0.15) is 29.1 Å². The Kier molecular flexibility index (Phi) is 4.36. The van der Waals surface area contributed by atoms with Gasteiger partial charge in [-0.05, 0) is 50.1 Å². The Labute approximate surface area is 182 Å². The fraction of sp³-hybridized carbons (Fsp3) is 0.333. The van der Waals surface area contributed by atoms with E-state index in [9.17, 15) is 8.78 Å². The summed E-state index contributed by atoms with van der Waals surface area (Å²) in [4.78, 5) is 8.96. The van der Waals surface area contributed by atoms with Gasteiger partial charge in [-0.1, -0.05) is 32.9 Å². The minimum Gasteiger partial charge on any atom is -0.324 e. The van der Waals surface area contributed by atoms with Gasteiger partial charge >= 0.3 is 6.98 Å². The molecule has 0 radical (unpaired) electrons. The van der Waals surface area contributed by atoms with E-state index in [-0.39, 0.29) is 29.5 Å². The van der Waals surface area contributed by atoms with Crippen LogP contribution in [-0.2, 0) is 5.54 Å². The highest BCUT2D eigenvalue weighted by molar-refractivity contribution is 6.76. The molecular weight excluding hydrogens is 393 g/mol. The maximum Gasteiger partial charge on any atom is 0.518 e. The van der Waals surface area contributed by atoms with Crippen molar-refractivity contribution in [3.8, 4) is 0 Å². The highest BCUT2D eigenvalue weighted by Crippen LogP contribution is 2.60. The number of pyridine rings is 2. The van der Waals surface area contributed by atoms with Crippen LogP contribution >= 0.6 is 0 Å². The molecule has 3 aromatic rings. The van der Waals surface area contributed by atoms with Crippen LogP contribution in [0.3, 0.4) is 0 Å². The van der Waals surface area contributed by atoms with E-state index < -0.39 is 0 Å². The van der Waals surface area contributed by atoms with Crippen molar-refractivity contribution >= 4 is 30.0 Å². The number of hydrogen-bond acceptors (Lipinski definition) is 3. The second kappa shape index (κ2) is 6.77. The molecule has 0 aliphatic carbocycles. The summed E-state index contributed by atoms with van der Waals surface area (Å²) in [5.41, 5.74) is 1.71. The van der Waals surface area contributed by atoms with Gasteiger partial charge in [0.25, 0.3) is 5.82 Å². The lowest BCUT2D eigenvalue weighted by Crippen LogP contribution is -2.74. The maximum atomic E-state index is 14.5. The van der Waals surface area contributed by atoms with Crippen LogP contribution in [0.15, 0.2) is 60.9 Å². The summed E-state index contributed by atoms with van der Waals surface area (Å²) in [5, 5.41) is -0.275. The first-order chi connectivity index (χ1) is 14.9. The number of rotatable bonds is 3. The van der Waals surface area contributed by atoms with Gasteiger partial charge in [-0.25, -0.2) is 18.3 Å². The van der Waals surface area contributed by atoms with Crippen LogP contribution in [0.1, 0.15) is 40.5 Å². The van der Waals surface area contributed by atoms with Crippen LogP contribution in [0.5, 0.6) is 0 Å². The molecule has 2 aliphatic rings. The van der Waals surface area contributed by atoms with Crippen molar-refractivity contribution in [2.45, 2.75) is 51.4 Å². The third-order valence-corrected chi connectivity index (χ3v) is 7.74. The van der Waals surface area contributed by atoms with Crippen LogP contribution < -0.4 is 14.2 Å². The lowest BCUT2D eigenvalue weighted by Gasteiger charge is -2.51. The summed E-state index contributed by atoms with van der Waals surface area (Å²) in [5.74, 6) is 1.04. The monoisotopic (exact) mass is 419 g/mol. The minimum atomic E-state index is -0.357. The molecular formula is C24H26BF2N4+. The van der Waals surface area contributed by atoms with Crippen molar-refractivity contribution < 1.29 is 13.3 Å². The fourth-order valence-electron chi connectivity index (χ4n) is 5.58. The lowest BCUT2D eigenvalue weighted by atomic mass is 9.39. The zero-order valence-corrected chi connectivity index (χ0v) is 18.3. The molecule has 0 spiro atoms. The van der Waals surface area contributed by atoms with E-state index in [1.165, 1.54) is 18.3 Å². The standard InChI is InChI=1S/C24H26BF2N4/c1-5-23(3)24(4,6-2)29-16-18(27)12-14-22(29)31-20-10-8-7-9-19(20)30(25(23)31)21-13-11-17(26)15-28-21/h7-16H,5-6H2,1-4H3/q+1. The van der Waals surface area contributed by atoms with Crippen molar-refractivity contribution in [2.75, 3.05) is 9.62 Å². The average molecular weight is 419 g/mol. The van der Waals surface area contributed by atoms with Crippen LogP contribution in [-0.4, -0.2) is 12.0 Å². The third-order valence-electron chi connectivity index (χ3n) is 7.74. The number of aromatic nitrogens is 2. The number of nitrogens with zero attached hydrogens (tertiary/aromatic N) is 4. The van der Waals surface area contributed by atoms with Gasteiger partial charge in [-0.2, -0.15) is 0 Å². The zero-order chi connectivity index (χ0) is 22.0. The molecule has 2 aromatic heterocycles. The van der Waals surface area contributed by atoms with E-state index in [4.69, 9.17) is 0 Å². The lowest BCUT2D eigenvalue weighted by molar-refractivity contribution is -0.759. The number of fused-ring (bicyclic) bond motifs is 5. The zero-order valence-electron chi connectivity index (χ0n) is 18.3. The Balaban J connectivity index is 1.85. The van der Waals surface area contributed by atoms with Crippen molar-refractivity contribution in [1.29, 1.82) is 0 Å². The Morgan fingerprint density at radius 1 is 0.903 bits per heavy atom. The summed E-state index contributed by atoms with van der Waals surface area (Å²) in [7, 11) is 0. The van der Waals surface area contributed by atoms with Gasteiger partial charge in [0.05, 0.1) is 17.2 Å². The van der Waals surface area contributed by atoms with E-state index in [0.717, 1.165) is 30.0 Å². The van der Waals surface area contributed by atoms with Crippen LogP contribution in [0.4, 0.5) is 31.8 Å². The summed E-state index contributed by atoms with van der Waals surface area (Å²) in [6.07, 6.45) is 4.60. The molecule has 158 valence electrons. The van der Waals surface area contributed by atoms with Crippen LogP contribution in [0.2, 0.25) is 5.31 Å². The number of hydrogen-bond donors (Lipinski definition) is 0. The third kappa shape index (κ3) is 2.52. The van der Waals surface area contributed by atoms with E-state index in [0.29, 0.717) is 5.82 Å². The largest absolute Gasteiger partial charge is 0.518 e. The van der Waals surface area contributed by atoms with Crippen molar-refractivity contribution in [3.05, 3.63) is 72.6 Å². The maximum absolute atomic E-state index is 14.5. The minimum absolute atomic E-state index is 0.0942. The first-order valence-electron chi connectivity index (χ1n) is 10.9. The predicted molar refractivity (Wildman–Crippen MR) is 120 cm³/mol. The summed E-state index contributed by atoms with van der Waals surface area (Å²) >= 11 is 0. The predicted octanol–water partition coefficient (Wildman–Crippen LogP) is 5.73. The molecule has 7 heteroatoms. The second-order valence-corrected chi connectivity index (χ2v) is 8.91. The van der Waals surface area contributed by atoms with Gasteiger partial charge in [0.2, 0.25) is 0 Å². The Hall–Kier alpha value is -2.96. The van der Waals surface area contributed by atoms with Crippen LogP contribution in [0.25, 0.3) is 0 Å². The summed E-state index contributed by atoms with van der Waals surface area (Å²) < 4.78 is 30.3. The number of para-hydroxylation sites is 2. The quantitative estimate of drug-likeness (QED) is 0.400. The van der Waals surface area contributed by atoms with Crippen molar-refractivity contribution in [2.24, 2.45) is 0 Å². The molecule has 2 atom stereocenters. The molecule has 4 heterocycles. The van der Waals surface area contributed by atoms with Crippen molar-refractivity contribution in [3.63, 3.8) is 0 Å². The molecule has 5 rings (SSSR count). The molecule has 0 N–H and O–H groups in total. The molecule has 2 unspecified atom stereocenters. The van der Waals surface area contributed by atoms with Crippen molar-refractivity contribution in [1.82, 2.24) is 4.98 Å². The molecule has 31 heavy (non-hydrogen) atoms. The SMILES string of the molecule is CCC1(C)B2N(c3ccc(F)cn3)c3ccccc3N2c2ccc(F)c[n+]2C1(C)CC. The molecule has 2 aliphatic heterocycles. The first-order valence-corrected chi connectivity index (χ1v) is 10.9. The van der Waals surface area contributed by atoms with E-state index in [1.807, 2.05) is 18.2 Å². The Bertz CT molecular complexity index is 1150. The number of halogens is 2. The Morgan fingerprint density at radius 3 is 2.19 bits per heavy atom. The van der Waals surface area contributed by atoms with E-state index in [1.54, 1.807) is 12.3 Å². The van der Waals surface area contributed by atoms with Gasteiger partial charge in [-0.15, -0.1) is 0 Å². The summed E-state index contributed by atoms with van der Waals surface area (Å²) in [6, 6.07) is 14.8. The topological polar surface area (TPSA) is 23.3 Å². The molecule has 1 aromatic carbocycles. The molecule has 0 saturated heterocycles. The normalized spacial score (nSPS) is 24.1. The highest BCUT2D eigenvalue weighted by atomic mass is 19.1. The average Bonchev–Trinajstić information content (AvgIpc) is 3.14. The van der Waals surface area contributed by atoms with Gasteiger partial charge in [-0.3, -0.25) is 4.81 Å². The van der Waals surface area contributed by atoms with Gasteiger partial charge < -0.3 is 4.81 Å². The second-order valence-electron chi connectivity index (χ2n) is 8.91.